The van der Waals surface area contributed by atoms with Crippen LogP contribution >= 0.6 is 11.7 Å². The number of hydrogen-bond acceptors (Lipinski definition) is 8. The van der Waals surface area contributed by atoms with Gasteiger partial charge in [0.2, 0.25) is 20.0 Å². The first kappa shape index (κ1) is 19.2. The largest absolute Gasteiger partial charge is 0.381 e. The van der Waals surface area contributed by atoms with Crippen molar-refractivity contribution >= 4 is 42.8 Å². The molecule has 0 unspecified atom stereocenters. The van der Waals surface area contributed by atoms with E-state index in [1.165, 1.54) is 20.9 Å². The van der Waals surface area contributed by atoms with Crippen molar-refractivity contribution in [3.05, 3.63) is 18.2 Å². The first-order valence-electron chi connectivity index (χ1n) is 8.56. The van der Waals surface area contributed by atoms with Gasteiger partial charge in [-0.05, 0) is 25.0 Å². The van der Waals surface area contributed by atoms with Gasteiger partial charge in [-0.25, -0.2) is 16.8 Å². The van der Waals surface area contributed by atoms with Crippen molar-refractivity contribution in [2.24, 2.45) is 0 Å². The summed E-state index contributed by atoms with van der Waals surface area (Å²) in [6, 6.07) is 4.37. The second kappa shape index (κ2) is 7.01. The van der Waals surface area contributed by atoms with Crippen LogP contribution in [0.3, 0.4) is 0 Å². The maximum absolute atomic E-state index is 13.0. The van der Waals surface area contributed by atoms with E-state index in [1.807, 2.05) is 0 Å². The van der Waals surface area contributed by atoms with E-state index in [2.05, 4.69) is 8.75 Å². The molecule has 148 valence electrons. The SMILES string of the molecule is CS(=O)(=O)N(C1CCOCC1)C1CN(S(=O)(=O)c2cccc3nsnc23)C1. The molecule has 2 saturated heterocycles. The Balaban J connectivity index is 1.56. The number of fused-ring (bicyclic) bond motifs is 1. The topological polar surface area (TPSA) is 110 Å². The molecule has 0 bridgehead atoms. The molecule has 12 heteroatoms. The van der Waals surface area contributed by atoms with Crippen LogP contribution in [0.4, 0.5) is 0 Å². The highest BCUT2D eigenvalue weighted by molar-refractivity contribution is 7.89. The molecule has 0 radical (unpaired) electrons. The summed E-state index contributed by atoms with van der Waals surface area (Å²) in [6.07, 6.45) is 2.43. The highest BCUT2D eigenvalue weighted by Gasteiger charge is 2.45. The van der Waals surface area contributed by atoms with Crippen LogP contribution in [0.2, 0.25) is 0 Å². The third-order valence-corrected chi connectivity index (χ3v) is 8.76. The number of nitrogens with zero attached hydrogens (tertiary/aromatic N) is 4. The number of aromatic nitrogens is 2. The third-order valence-electron chi connectivity index (χ3n) is 4.99. The molecule has 2 aliphatic heterocycles. The Hall–Kier alpha value is -1.18. The number of rotatable bonds is 5. The van der Waals surface area contributed by atoms with Crippen molar-refractivity contribution in [3.8, 4) is 0 Å². The smallest absolute Gasteiger partial charge is 0.245 e. The highest BCUT2D eigenvalue weighted by Crippen LogP contribution is 2.31. The molecule has 27 heavy (non-hydrogen) atoms. The van der Waals surface area contributed by atoms with Crippen LogP contribution in [0.5, 0.6) is 0 Å². The molecule has 2 fully saturated rings. The van der Waals surface area contributed by atoms with Crippen LogP contribution in [0.25, 0.3) is 11.0 Å². The summed E-state index contributed by atoms with van der Waals surface area (Å²) in [5.74, 6) is 0. The lowest BCUT2D eigenvalue weighted by Gasteiger charge is -2.46. The van der Waals surface area contributed by atoms with Crippen molar-refractivity contribution in [2.75, 3.05) is 32.6 Å². The zero-order valence-corrected chi connectivity index (χ0v) is 17.1. The normalized spacial score (nSPS) is 21.0. The fraction of sp³-hybridized carbons (Fsp3) is 0.600. The van der Waals surface area contributed by atoms with Gasteiger partial charge >= 0.3 is 0 Å². The standard InChI is InChI=1S/C15H20N4O5S3/c1-26(20,21)19(11-5-7-24-8-6-11)12-9-18(10-12)27(22,23)14-4-2-3-13-15(14)17-25-16-13/h2-4,11-12H,5-10H2,1H3. The summed E-state index contributed by atoms with van der Waals surface area (Å²) in [6.45, 7) is 1.32. The lowest BCUT2D eigenvalue weighted by Crippen LogP contribution is -2.64. The molecule has 0 saturated carbocycles. The van der Waals surface area contributed by atoms with E-state index in [0.29, 0.717) is 37.1 Å². The Bertz CT molecular complexity index is 1040. The van der Waals surface area contributed by atoms with Gasteiger partial charge in [0.1, 0.15) is 15.9 Å². The average molecular weight is 433 g/mol. The number of hydrogen-bond donors (Lipinski definition) is 0. The van der Waals surface area contributed by atoms with Gasteiger partial charge in [-0.3, -0.25) is 0 Å². The summed E-state index contributed by atoms with van der Waals surface area (Å²) in [4.78, 5) is 0.115. The monoisotopic (exact) mass is 432 g/mol. The first-order valence-corrected chi connectivity index (χ1v) is 12.6. The van der Waals surface area contributed by atoms with Gasteiger partial charge in [-0.15, -0.1) is 0 Å². The van der Waals surface area contributed by atoms with E-state index in [9.17, 15) is 16.8 Å². The van der Waals surface area contributed by atoms with Crippen molar-refractivity contribution < 1.29 is 21.6 Å². The summed E-state index contributed by atoms with van der Waals surface area (Å²) >= 11 is 0.966. The Kier molecular flexibility index (Phi) is 4.97. The second-order valence-corrected chi connectivity index (χ2v) is 11.1. The molecule has 4 rings (SSSR count). The number of benzene rings is 1. The van der Waals surface area contributed by atoms with E-state index in [0.717, 1.165) is 11.7 Å². The van der Waals surface area contributed by atoms with Gasteiger partial charge in [0.05, 0.1) is 24.0 Å². The summed E-state index contributed by atoms with van der Waals surface area (Å²) < 4.78 is 66.9. The Morgan fingerprint density at radius 2 is 1.81 bits per heavy atom. The molecule has 1 aromatic heterocycles. The average Bonchev–Trinajstić information content (AvgIpc) is 3.05. The van der Waals surface area contributed by atoms with Gasteiger partial charge < -0.3 is 4.74 Å². The highest BCUT2D eigenvalue weighted by atomic mass is 32.2. The second-order valence-electron chi connectivity index (χ2n) is 6.80. The van der Waals surface area contributed by atoms with Crippen molar-refractivity contribution in [1.82, 2.24) is 17.4 Å². The maximum Gasteiger partial charge on any atom is 0.245 e. The van der Waals surface area contributed by atoms with Crippen LogP contribution in [-0.4, -0.2) is 78.8 Å². The molecule has 0 spiro atoms. The first-order chi connectivity index (χ1) is 12.8. The van der Waals surface area contributed by atoms with Crippen LogP contribution in [0, 0.1) is 0 Å². The number of ether oxygens (including phenoxy) is 1. The number of sulfonamides is 2. The zero-order chi connectivity index (χ0) is 19.2. The Morgan fingerprint density at radius 3 is 2.48 bits per heavy atom. The molecule has 9 nitrogen and oxygen atoms in total. The Labute approximate surface area is 162 Å². The van der Waals surface area contributed by atoms with E-state index in [-0.39, 0.29) is 30.1 Å². The minimum atomic E-state index is -3.75. The van der Waals surface area contributed by atoms with Gasteiger partial charge in [-0.1, -0.05) is 6.07 Å². The minimum Gasteiger partial charge on any atom is -0.381 e. The maximum atomic E-state index is 13.0. The molecule has 2 aliphatic rings. The lowest BCUT2D eigenvalue weighted by molar-refractivity contribution is 0.0317. The molecule has 0 aliphatic carbocycles. The summed E-state index contributed by atoms with van der Waals surface area (Å²) in [7, 11) is -7.20. The molecule has 2 aromatic rings. The molecular formula is C15H20N4O5S3. The molecule has 0 N–H and O–H groups in total. The van der Waals surface area contributed by atoms with Crippen molar-refractivity contribution in [2.45, 2.75) is 29.8 Å². The minimum absolute atomic E-state index is 0.115. The third kappa shape index (κ3) is 3.49. The van der Waals surface area contributed by atoms with E-state index in [1.54, 1.807) is 12.1 Å². The molecule has 3 heterocycles. The van der Waals surface area contributed by atoms with E-state index >= 15 is 0 Å². The van der Waals surface area contributed by atoms with Gasteiger partial charge in [-0.2, -0.15) is 17.4 Å². The fourth-order valence-electron chi connectivity index (χ4n) is 3.68. The zero-order valence-electron chi connectivity index (χ0n) is 14.7. The molecule has 0 amide bonds. The van der Waals surface area contributed by atoms with Gasteiger partial charge in [0.25, 0.3) is 0 Å². The quantitative estimate of drug-likeness (QED) is 0.677. The predicted octanol–water partition coefficient (Wildman–Crippen LogP) is 0.505. The lowest BCUT2D eigenvalue weighted by atomic mass is 10.1. The Morgan fingerprint density at radius 1 is 1.11 bits per heavy atom. The van der Waals surface area contributed by atoms with Crippen molar-refractivity contribution in [1.29, 1.82) is 0 Å². The van der Waals surface area contributed by atoms with E-state index in [4.69, 9.17) is 4.74 Å². The van der Waals surface area contributed by atoms with Gasteiger partial charge in [0.15, 0.2) is 0 Å². The molecule has 1 aromatic carbocycles. The molecular weight excluding hydrogens is 412 g/mol. The fourth-order valence-corrected chi connectivity index (χ4v) is 7.38. The van der Waals surface area contributed by atoms with Crippen LogP contribution in [0.1, 0.15) is 12.8 Å². The van der Waals surface area contributed by atoms with Gasteiger partial charge in [0, 0.05) is 32.3 Å². The summed E-state index contributed by atoms with van der Waals surface area (Å²) in [5, 5.41) is 0. The van der Waals surface area contributed by atoms with Crippen LogP contribution < -0.4 is 0 Å². The summed E-state index contributed by atoms with van der Waals surface area (Å²) in [5.41, 5.74) is 0.897. The van der Waals surface area contributed by atoms with Crippen LogP contribution in [0.15, 0.2) is 23.1 Å². The van der Waals surface area contributed by atoms with Crippen LogP contribution in [-0.2, 0) is 24.8 Å². The molecule has 0 atom stereocenters. The van der Waals surface area contributed by atoms with E-state index < -0.39 is 20.0 Å². The van der Waals surface area contributed by atoms with Crippen molar-refractivity contribution in [3.63, 3.8) is 0 Å². The predicted molar refractivity (Wildman–Crippen MR) is 100 cm³/mol.